The fraction of sp³-hybridized carbons (Fsp3) is 0.750. The summed E-state index contributed by atoms with van der Waals surface area (Å²) in [4.78, 5) is 4.49. The molecule has 1 fully saturated rings. The second kappa shape index (κ2) is 3.65. The number of aliphatic imine (C=N–C) groups is 1. The third-order valence-electron chi connectivity index (χ3n) is 3.61. The maximum absolute atomic E-state index is 4.49. The van der Waals surface area contributed by atoms with Gasteiger partial charge in [-0.3, -0.25) is 4.99 Å². The molecule has 1 heteroatoms. The molecule has 0 aromatic carbocycles. The molecule has 2 atom stereocenters. The Morgan fingerprint density at radius 1 is 1.08 bits per heavy atom. The smallest absolute Gasteiger partial charge is 0.0259 e. The summed E-state index contributed by atoms with van der Waals surface area (Å²) in [7, 11) is 0. The number of allylic oxidation sites excluding steroid dienone is 1. The van der Waals surface area contributed by atoms with Crippen LogP contribution in [0.4, 0.5) is 0 Å². The first-order chi connectivity index (χ1) is 6.29. The Bertz CT molecular complexity index is 224. The molecule has 0 N–H and O–H groups in total. The fourth-order valence-electron chi connectivity index (χ4n) is 2.75. The average Bonchev–Trinajstić information content (AvgIpc) is 2.37. The van der Waals surface area contributed by atoms with Crippen LogP contribution in [0.5, 0.6) is 0 Å². The summed E-state index contributed by atoms with van der Waals surface area (Å²) in [5.41, 5.74) is 2.88. The van der Waals surface area contributed by atoms with Crippen molar-refractivity contribution >= 4 is 5.71 Å². The lowest BCUT2D eigenvalue weighted by Crippen LogP contribution is -2.24. The molecule has 72 valence electrons. The topological polar surface area (TPSA) is 12.4 Å². The molecule has 0 aromatic rings. The molecule has 13 heavy (non-hydrogen) atoms. The lowest BCUT2D eigenvalue weighted by atomic mass is 9.79. The number of hydrogen-bond donors (Lipinski definition) is 0. The predicted octanol–water partition coefficient (Wildman–Crippen LogP) is 3.56. The monoisotopic (exact) mass is 177 g/mol. The van der Waals surface area contributed by atoms with Gasteiger partial charge in [-0.15, -0.1) is 0 Å². The Morgan fingerprint density at radius 3 is 2.54 bits per heavy atom. The van der Waals surface area contributed by atoms with Crippen molar-refractivity contribution in [2.24, 2.45) is 16.8 Å². The van der Waals surface area contributed by atoms with Crippen molar-refractivity contribution < 1.29 is 0 Å². The molecule has 1 nitrogen and oxygen atoms in total. The zero-order valence-corrected chi connectivity index (χ0v) is 8.71. The van der Waals surface area contributed by atoms with E-state index in [-0.39, 0.29) is 0 Å². The molecule has 2 aliphatic rings. The summed E-state index contributed by atoms with van der Waals surface area (Å²) in [6.07, 6.45) is 9.08. The van der Waals surface area contributed by atoms with Gasteiger partial charge in [0.1, 0.15) is 0 Å². The second-order valence-electron chi connectivity index (χ2n) is 4.49. The van der Waals surface area contributed by atoms with Gasteiger partial charge in [0.15, 0.2) is 0 Å². The van der Waals surface area contributed by atoms with E-state index in [9.17, 15) is 0 Å². The highest BCUT2D eigenvalue weighted by Crippen LogP contribution is 2.36. The Labute approximate surface area is 80.9 Å². The first-order valence-corrected chi connectivity index (χ1v) is 5.50. The molecule has 0 radical (unpaired) electrons. The van der Waals surface area contributed by atoms with Gasteiger partial charge in [0.05, 0.1) is 0 Å². The van der Waals surface area contributed by atoms with Crippen LogP contribution in [0.3, 0.4) is 0 Å². The van der Waals surface area contributed by atoms with Gasteiger partial charge in [0, 0.05) is 17.8 Å². The van der Waals surface area contributed by atoms with Gasteiger partial charge >= 0.3 is 0 Å². The van der Waals surface area contributed by atoms with Gasteiger partial charge in [0.2, 0.25) is 0 Å². The van der Waals surface area contributed by atoms with Crippen molar-refractivity contribution in [2.75, 3.05) is 0 Å². The van der Waals surface area contributed by atoms with E-state index in [1.165, 1.54) is 43.4 Å². The van der Waals surface area contributed by atoms with Crippen LogP contribution in [-0.4, -0.2) is 5.71 Å². The summed E-state index contributed by atoms with van der Waals surface area (Å²) >= 11 is 0. The lowest BCUT2D eigenvalue weighted by molar-refractivity contribution is 0.443. The molecule has 0 spiro atoms. The Morgan fingerprint density at radius 2 is 1.77 bits per heavy atom. The molecular formula is C12H19N. The molecule has 1 saturated carbocycles. The molecule has 0 amide bonds. The summed E-state index contributed by atoms with van der Waals surface area (Å²) in [5.74, 6) is 1.59. The van der Waals surface area contributed by atoms with Crippen molar-refractivity contribution in [1.82, 2.24) is 0 Å². The van der Waals surface area contributed by atoms with Gasteiger partial charge < -0.3 is 0 Å². The van der Waals surface area contributed by atoms with Gasteiger partial charge in [-0.25, -0.2) is 0 Å². The summed E-state index contributed by atoms with van der Waals surface area (Å²) < 4.78 is 0. The zero-order valence-electron chi connectivity index (χ0n) is 8.71. The third-order valence-corrected chi connectivity index (χ3v) is 3.61. The Kier molecular flexibility index (Phi) is 2.52. The van der Waals surface area contributed by atoms with Crippen LogP contribution in [0.15, 0.2) is 16.8 Å². The lowest BCUT2D eigenvalue weighted by Gasteiger charge is -2.28. The minimum absolute atomic E-state index is 0.771. The quantitative estimate of drug-likeness (QED) is 0.536. The van der Waals surface area contributed by atoms with E-state index in [4.69, 9.17) is 0 Å². The molecule has 0 bridgehead atoms. The van der Waals surface area contributed by atoms with E-state index in [0.717, 1.165) is 11.8 Å². The highest BCUT2D eigenvalue weighted by molar-refractivity contribution is 5.86. The Hall–Kier alpha value is -0.590. The van der Waals surface area contributed by atoms with Crippen molar-refractivity contribution in [3.63, 3.8) is 0 Å². The fourth-order valence-corrected chi connectivity index (χ4v) is 2.75. The van der Waals surface area contributed by atoms with Crippen molar-refractivity contribution in [1.29, 1.82) is 0 Å². The van der Waals surface area contributed by atoms with Crippen LogP contribution in [0, 0.1) is 11.8 Å². The molecule has 1 aliphatic heterocycles. The van der Waals surface area contributed by atoms with E-state index in [0.29, 0.717) is 0 Å². The normalized spacial score (nSPS) is 34.3. The Balaban J connectivity index is 2.22. The standard InChI is InChI=1S/C12H19N/c1-9-8-13-10(2)12-7-5-3-4-6-11(9)12/h8,11-12H,3-7H2,1-2H3. The van der Waals surface area contributed by atoms with Crippen molar-refractivity contribution in [3.8, 4) is 0 Å². The van der Waals surface area contributed by atoms with Gasteiger partial charge in [0.25, 0.3) is 0 Å². The maximum Gasteiger partial charge on any atom is 0.0259 e. The number of nitrogens with zero attached hydrogens (tertiary/aromatic N) is 1. The van der Waals surface area contributed by atoms with Crippen LogP contribution in [0.1, 0.15) is 46.0 Å². The van der Waals surface area contributed by atoms with Crippen LogP contribution in [0.25, 0.3) is 0 Å². The van der Waals surface area contributed by atoms with E-state index in [2.05, 4.69) is 25.0 Å². The largest absolute Gasteiger partial charge is 0.266 e. The van der Waals surface area contributed by atoms with E-state index in [1.807, 2.05) is 0 Å². The van der Waals surface area contributed by atoms with Crippen LogP contribution in [-0.2, 0) is 0 Å². The number of hydrogen-bond acceptors (Lipinski definition) is 1. The molecule has 1 heterocycles. The predicted molar refractivity (Wildman–Crippen MR) is 56.9 cm³/mol. The number of rotatable bonds is 0. The van der Waals surface area contributed by atoms with Crippen molar-refractivity contribution in [3.05, 3.63) is 11.8 Å². The van der Waals surface area contributed by atoms with Crippen molar-refractivity contribution in [2.45, 2.75) is 46.0 Å². The molecule has 2 rings (SSSR count). The summed E-state index contributed by atoms with van der Waals surface area (Å²) in [5, 5.41) is 0. The number of fused-ring (bicyclic) bond motifs is 1. The minimum atomic E-state index is 0.771. The van der Waals surface area contributed by atoms with Gasteiger partial charge in [-0.1, -0.05) is 24.8 Å². The van der Waals surface area contributed by atoms with Crippen LogP contribution >= 0.6 is 0 Å². The van der Waals surface area contributed by atoms with Gasteiger partial charge in [-0.2, -0.15) is 0 Å². The van der Waals surface area contributed by atoms with E-state index in [1.54, 1.807) is 0 Å². The highest BCUT2D eigenvalue weighted by Gasteiger charge is 2.28. The first kappa shape index (κ1) is 8.98. The highest BCUT2D eigenvalue weighted by atomic mass is 14.7. The van der Waals surface area contributed by atoms with E-state index < -0.39 is 0 Å². The van der Waals surface area contributed by atoms with Crippen LogP contribution in [0.2, 0.25) is 0 Å². The second-order valence-corrected chi connectivity index (χ2v) is 4.49. The molecular weight excluding hydrogens is 158 g/mol. The average molecular weight is 177 g/mol. The molecule has 2 unspecified atom stereocenters. The first-order valence-electron chi connectivity index (χ1n) is 5.50. The van der Waals surface area contributed by atoms with Gasteiger partial charge in [-0.05, 0) is 32.6 Å². The maximum atomic E-state index is 4.49. The zero-order chi connectivity index (χ0) is 9.26. The molecule has 1 aliphatic carbocycles. The minimum Gasteiger partial charge on any atom is -0.266 e. The summed E-state index contributed by atoms with van der Waals surface area (Å²) in [6.45, 7) is 4.45. The molecule has 0 aromatic heterocycles. The third kappa shape index (κ3) is 1.70. The van der Waals surface area contributed by atoms with Crippen LogP contribution < -0.4 is 0 Å². The van der Waals surface area contributed by atoms with E-state index >= 15 is 0 Å². The molecule has 0 saturated heterocycles. The summed E-state index contributed by atoms with van der Waals surface area (Å²) in [6, 6.07) is 0. The SMILES string of the molecule is CC1=CN=C(C)C2CCCCCC12.